The first-order chi connectivity index (χ1) is 11.0. The third-order valence-corrected chi connectivity index (χ3v) is 6.50. The molecule has 3 rings (SSSR count). The molecule has 1 fully saturated rings. The Kier molecular flexibility index (Phi) is 4.59. The summed E-state index contributed by atoms with van der Waals surface area (Å²) in [6, 6.07) is 11.5. The van der Waals surface area contributed by atoms with Gasteiger partial charge in [0.25, 0.3) is 0 Å². The topological polar surface area (TPSA) is 62.3 Å². The normalized spacial score (nSPS) is 16.5. The van der Waals surface area contributed by atoms with Gasteiger partial charge >= 0.3 is 0 Å². The van der Waals surface area contributed by atoms with Gasteiger partial charge in [-0.05, 0) is 59.1 Å². The van der Waals surface area contributed by atoms with E-state index < -0.39 is 10.0 Å². The molecule has 1 aromatic heterocycles. The zero-order valence-electron chi connectivity index (χ0n) is 12.8. The van der Waals surface area contributed by atoms with Crippen LogP contribution >= 0.6 is 15.9 Å². The van der Waals surface area contributed by atoms with Crippen molar-refractivity contribution < 1.29 is 8.42 Å². The number of aryl methyl sites for hydroxylation is 1. The Labute approximate surface area is 144 Å². The number of nitrogens with one attached hydrogen (secondary N) is 1. The first kappa shape index (κ1) is 16.3. The Morgan fingerprint density at radius 3 is 2.83 bits per heavy atom. The van der Waals surface area contributed by atoms with Gasteiger partial charge in [0.15, 0.2) is 0 Å². The predicted molar refractivity (Wildman–Crippen MR) is 96.2 cm³/mol. The average Bonchev–Trinajstić information content (AvgIpc) is 2.88. The molecule has 5 nitrogen and oxygen atoms in total. The van der Waals surface area contributed by atoms with Crippen molar-refractivity contribution in [3.63, 3.8) is 0 Å². The van der Waals surface area contributed by atoms with Crippen LogP contribution in [0.15, 0.2) is 40.9 Å². The number of halogens is 1. The van der Waals surface area contributed by atoms with Gasteiger partial charge in [-0.15, -0.1) is 0 Å². The van der Waals surface area contributed by atoms with Gasteiger partial charge < -0.3 is 5.32 Å². The van der Waals surface area contributed by atoms with E-state index in [1.54, 1.807) is 0 Å². The molecule has 23 heavy (non-hydrogen) atoms. The first-order valence-electron chi connectivity index (χ1n) is 7.42. The number of sulfonamides is 1. The highest BCUT2D eigenvalue weighted by atomic mass is 79.9. The van der Waals surface area contributed by atoms with E-state index in [4.69, 9.17) is 0 Å². The van der Waals surface area contributed by atoms with Crippen LogP contribution in [0, 0.1) is 6.92 Å². The van der Waals surface area contributed by atoms with Crippen LogP contribution in [0.3, 0.4) is 0 Å². The molecule has 1 aromatic carbocycles. The maximum Gasteiger partial charge on any atom is 0.235 e. The molecule has 1 saturated heterocycles. The largest absolute Gasteiger partial charge is 0.366 e. The van der Waals surface area contributed by atoms with Crippen molar-refractivity contribution in [2.45, 2.75) is 19.9 Å². The van der Waals surface area contributed by atoms with Crippen molar-refractivity contribution in [2.75, 3.05) is 21.9 Å². The summed E-state index contributed by atoms with van der Waals surface area (Å²) in [5.74, 6) is 1.03. The summed E-state index contributed by atoms with van der Waals surface area (Å²) in [7, 11) is -3.14. The number of hydrogen-bond donors (Lipinski definition) is 1. The van der Waals surface area contributed by atoms with E-state index in [1.807, 2.05) is 43.3 Å². The summed E-state index contributed by atoms with van der Waals surface area (Å²) in [6.45, 7) is 3.09. The fourth-order valence-electron chi connectivity index (χ4n) is 2.59. The molecule has 0 radical (unpaired) electrons. The van der Waals surface area contributed by atoms with Gasteiger partial charge in [0.1, 0.15) is 5.82 Å². The molecule has 0 atom stereocenters. The van der Waals surface area contributed by atoms with Crippen LogP contribution in [-0.4, -0.2) is 25.7 Å². The van der Waals surface area contributed by atoms with E-state index in [2.05, 4.69) is 26.2 Å². The summed E-state index contributed by atoms with van der Waals surface area (Å²) in [5.41, 5.74) is 2.68. The number of aromatic nitrogens is 1. The van der Waals surface area contributed by atoms with Crippen molar-refractivity contribution in [3.05, 3.63) is 52.1 Å². The molecule has 2 heterocycles. The van der Waals surface area contributed by atoms with Gasteiger partial charge in [-0.25, -0.2) is 13.4 Å². The maximum absolute atomic E-state index is 12.0. The highest BCUT2D eigenvalue weighted by Crippen LogP contribution is 2.25. The molecule has 1 aliphatic heterocycles. The van der Waals surface area contributed by atoms with Gasteiger partial charge in [-0.3, -0.25) is 4.31 Å². The number of rotatable bonds is 4. The number of anilines is 2. The average molecular weight is 396 g/mol. The van der Waals surface area contributed by atoms with Crippen molar-refractivity contribution in [3.8, 4) is 0 Å². The van der Waals surface area contributed by atoms with E-state index in [1.165, 1.54) is 4.31 Å². The third-order valence-electron chi connectivity index (χ3n) is 3.79. The predicted octanol–water partition coefficient (Wildman–Crippen LogP) is 3.30. The number of pyridine rings is 1. The Bertz CT molecular complexity index is 824. The maximum atomic E-state index is 12.0. The summed E-state index contributed by atoms with van der Waals surface area (Å²) >= 11 is 3.43. The zero-order valence-corrected chi connectivity index (χ0v) is 15.2. The van der Waals surface area contributed by atoms with Crippen molar-refractivity contribution >= 4 is 37.5 Å². The molecule has 0 spiro atoms. The van der Waals surface area contributed by atoms with Gasteiger partial charge in [0, 0.05) is 17.6 Å². The molecule has 1 aliphatic rings. The van der Waals surface area contributed by atoms with E-state index in [0.717, 1.165) is 27.2 Å². The zero-order chi connectivity index (χ0) is 16.4. The standard InChI is InChI=1S/C16H18BrN3O2S/c1-12-15(17)6-7-16(19-12)18-11-13-4-2-5-14(10-13)20-8-3-9-23(20,21)22/h2,4-7,10H,3,8-9,11H2,1H3,(H,18,19). The van der Waals surface area contributed by atoms with Crippen LogP contribution in [0.1, 0.15) is 17.7 Å². The molecule has 7 heteroatoms. The molecule has 0 aliphatic carbocycles. The van der Waals surface area contributed by atoms with Gasteiger partial charge in [-0.2, -0.15) is 0 Å². The third kappa shape index (κ3) is 3.67. The van der Waals surface area contributed by atoms with Crippen LogP contribution in [0.25, 0.3) is 0 Å². The van der Waals surface area contributed by atoms with Gasteiger partial charge in [-0.1, -0.05) is 12.1 Å². The van der Waals surface area contributed by atoms with Crippen molar-refractivity contribution in [1.82, 2.24) is 4.98 Å². The fraction of sp³-hybridized carbons (Fsp3) is 0.312. The second-order valence-electron chi connectivity index (χ2n) is 5.53. The van der Waals surface area contributed by atoms with E-state index in [0.29, 0.717) is 19.5 Å². The van der Waals surface area contributed by atoms with Crippen molar-refractivity contribution in [2.24, 2.45) is 0 Å². The smallest absolute Gasteiger partial charge is 0.235 e. The number of benzene rings is 1. The van der Waals surface area contributed by atoms with Crippen LogP contribution in [0.5, 0.6) is 0 Å². The van der Waals surface area contributed by atoms with Crippen LogP contribution in [0.4, 0.5) is 11.5 Å². The minimum absolute atomic E-state index is 0.234. The highest BCUT2D eigenvalue weighted by molar-refractivity contribution is 9.10. The summed E-state index contributed by atoms with van der Waals surface area (Å²) < 4.78 is 26.5. The fourth-order valence-corrected chi connectivity index (χ4v) is 4.36. The molecule has 1 N–H and O–H groups in total. The van der Waals surface area contributed by atoms with Gasteiger partial charge in [0.05, 0.1) is 17.1 Å². The molecule has 0 saturated carbocycles. The quantitative estimate of drug-likeness (QED) is 0.862. The molecule has 0 unspecified atom stereocenters. The SMILES string of the molecule is Cc1nc(NCc2cccc(N3CCCS3(=O)=O)c2)ccc1Br. The molecule has 0 amide bonds. The first-order valence-corrected chi connectivity index (χ1v) is 9.82. The molecule has 122 valence electrons. The minimum Gasteiger partial charge on any atom is -0.366 e. The van der Waals surface area contributed by atoms with Crippen molar-refractivity contribution in [1.29, 1.82) is 0 Å². The molecular weight excluding hydrogens is 378 g/mol. The van der Waals surface area contributed by atoms with Crippen LogP contribution in [0.2, 0.25) is 0 Å². The lowest BCUT2D eigenvalue weighted by Gasteiger charge is -2.18. The molecule has 2 aromatic rings. The Morgan fingerprint density at radius 1 is 1.30 bits per heavy atom. The lowest BCUT2D eigenvalue weighted by atomic mass is 10.2. The van der Waals surface area contributed by atoms with E-state index in [-0.39, 0.29) is 5.75 Å². The van der Waals surface area contributed by atoms with Crippen LogP contribution < -0.4 is 9.62 Å². The minimum atomic E-state index is -3.14. The Hall–Kier alpha value is -1.60. The second kappa shape index (κ2) is 6.49. The highest BCUT2D eigenvalue weighted by Gasteiger charge is 2.28. The van der Waals surface area contributed by atoms with E-state index in [9.17, 15) is 8.42 Å². The van der Waals surface area contributed by atoms with Crippen LogP contribution in [-0.2, 0) is 16.6 Å². The summed E-state index contributed by atoms with van der Waals surface area (Å²) in [5, 5.41) is 3.27. The molecule has 0 bridgehead atoms. The lowest BCUT2D eigenvalue weighted by Crippen LogP contribution is -2.25. The number of hydrogen-bond acceptors (Lipinski definition) is 4. The van der Waals surface area contributed by atoms with E-state index >= 15 is 0 Å². The Morgan fingerprint density at radius 2 is 2.13 bits per heavy atom. The Balaban J connectivity index is 1.74. The summed E-state index contributed by atoms with van der Waals surface area (Å²) in [4.78, 5) is 4.45. The number of nitrogens with zero attached hydrogens (tertiary/aromatic N) is 2. The second-order valence-corrected chi connectivity index (χ2v) is 8.40. The lowest BCUT2D eigenvalue weighted by molar-refractivity contribution is 0.599. The van der Waals surface area contributed by atoms with Gasteiger partial charge in [0.2, 0.25) is 10.0 Å². The molecular formula is C16H18BrN3O2S. The monoisotopic (exact) mass is 395 g/mol. The summed E-state index contributed by atoms with van der Waals surface area (Å²) in [6.07, 6.45) is 0.687.